The SMILES string of the molecule is Nc1ccc(S(=O)(=O)C(F)(F)C(F)(F)C(F)(F)C(F)(F)F)cc1. The van der Waals surface area contributed by atoms with E-state index in [-0.39, 0.29) is 17.8 Å². The highest BCUT2D eigenvalue weighted by molar-refractivity contribution is 7.92. The molecule has 13 heteroatoms. The molecule has 23 heavy (non-hydrogen) atoms. The van der Waals surface area contributed by atoms with Gasteiger partial charge in [-0.05, 0) is 24.3 Å². The summed E-state index contributed by atoms with van der Waals surface area (Å²) >= 11 is 0. The molecule has 1 rings (SSSR count). The van der Waals surface area contributed by atoms with Crippen LogP contribution in [0, 0.1) is 0 Å². The van der Waals surface area contributed by atoms with Crippen molar-refractivity contribution in [3.8, 4) is 0 Å². The van der Waals surface area contributed by atoms with Crippen LogP contribution in [0.2, 0.25) is 0 Å². The van der Waals surface area contributed by atoms with E-state index < -0.39 is 38.0 Å². The van der Waals surface area contributed by atoms with Gasteiger partial charge < -0.3 is 5.73 Å². The van der Waals surface area contributed by atoms with Gasteiger partial charge in [-0.2, -0.15) is 39.5 Å². The zero-order valence-electron chi connectivity index (χ0n) is 10.5. The van der Waals surface area contributed by atoms with E-state index in [9.17, 15) is 47.9 Å². The summed E-state index contributed by atoms with van der Waals surface area (Å²) in [5, 5.41) is -6.74. The van der Waals surface area contributed by atoms with Gasteiger partial charge >= 0.3 is 23.3 Å². The van der Waals surface area contributed by atoms with Gasteiger partial charge in [0.25, 0.3) is 0 Å². The molecule has 0 amide bonds. The lowest BCUT2D eigenvalue weighted by molar-refractivity contribution is -0.382. The number of hydrogen-bond acceptors (Lipinski definition) is 3. The predicted octanol–water partition coefficient (Wildman–Crippen LogP) is 3.47. The Labute approximate surface area is 122 Å². The molecule has 0 aliphatic carbocycles. The quantitative estimate of drug-likeness (QED) is 0.648. The molecule has 0 radical (unpaired) electrons. The molecule has 1 aromatic carbocycles. The third-order valence-corrected chi connectivity index (χ3v) is 4.47. The third-order valence-electron chi connectivity index (χ3n) is 2.64. The molecular weight excluding hydrogens is 369 g/mol. The van der Waals surface area contributed by atoms with Gasteiger partial charge in [0.15, 0.2) is 0 Å². The molecular formula is C10H6F9NO2S. The molecule has 1 aromatic rings. The van der Waals surface area contributed by atoms with Gasteiger partial charge in [-0.1, -0.05) is 0 Å². The second kappa shape index (κ2) is 5.18. The summed E-state index contributed by atoms with van der Waals surface area (Å²) in [6.07, 6.45) is -7.10. The Morgan fingerprint density at radius 2 is 1.13 bits per heavy atom. The number of benzene rings is 1. The first-order valence-corrected chi connectivity index (χ1v) is 6.79. The minimum absolute atomic E-state index is 0.195. The number of nitrogen functional groups attached to an aromatic ring is 1. The molecule has 0 saturated heterocycles. The lowest BCUT2D eigenvalue weighted by Crippen LogP contribution is -2.63. The Morgan fingerprint density at radius 1 is 0.739 bits per heavy atom. The molecule has 0 heterocycles. The van der Waals surface area contributed by atoms with Crippen LogP contribution in [0.1, 0.15) is 0 Å². The molecule has 0 aliphatic rings. The summed E-state index contributed by atoms with van der Waals surface area (Å²) < 4.78 is 137. The highest BCUT2D eigenvalue weighted by atomic mass is 32.2. The van der Waals surface area contributed by atoms with Crippen molar-refractivity contribution in [2.24, 2.45) is 0 Å². The largest absolute Gasteiger partial charge is 0.460 e. The summed E-state index contributed by atoms with van der Waals surface area (Å²) in [6, 6.07) is 1.84. The van der Waals surface area contributed by atoms with Gasteiger partial charge in [0.1, 0.15) is 0 Å². The summed E-state index contributed by atoms with van der Waals surface area (Å²) in [5.74, 6) is -14.5. The van der Waals surface area contributed by atoms with Crippen LogP contribution < -0.4 is 5.73 Å². The summed E-state index contributed by atoms with van der Waals surface area (Å²) in [7, 11) is -6.58. The number of sulfone groups is 1. The lowest BCUT2D eigenvalue weighted by atomic mass is 10.1. The summed E-state index contributed by atoms with van der Waals surface area (Å²) in [6.45, 7) is 0. The van der Waals surface area contributed by atoms with E-state index in [4.69, 9.17) is 5.73 Å². The van der Waals surface area contributed by atoms with E-state index in [0.717, 1.165) is 0 Å². The molecule has 132 valence electrons. The van der Waals surface area contributed by atoms with E-state index in [1.54, 1.807) is 0 Å². The number of nitrogens with two attached hydrogens (primary N) is 1. The van der Waals surface area contributed by atoms with Crippen LogP contribution in [0.3, 0.4) is 0 Å². The first kappa shape index (κ1) is 19.4. The fourth-order valence-corrected chi connectivity index (χ4v) is 2.58. The molecule has 0 spiro atoms. The Bertz CT molecular complexity index is 679. The van der Waals surface area contributed by atoms with Crippen LogP contribution in [-0.4, -0.2) is 31.7 Å². The van der Waals surface area contributed by atoms with Gasteiger partial charge in [-0.15, -0.1) is 0 Å². The van der Waals surface area contributed by atoms with E-state index >= 15 is 0 Å². The molecule has 2 N–H and O–H groups in total. The minimum Gasteiger partial charge on any atom is -0.399 e. The number of rotatable bonds is 4. The molecule has 0 saturated carbocycles. The fraction of sp³-hybridized carbons (Fsp3) is 0.400. The van der Waals surface area contributed by atoms with E-state index in [1.807, 2.05) is 0 Å². The molecule has 0 aromatic heterocycles. The summed E-state index contributed by atoms with van der Waals surface area (Å²) in [5.41, 5.74) is 4.90. The highest BCUT2D eigenvalue weighted by Crippen LogP contribution is 2.55. The van der Waals surface area contributed by atoms with Crippen molar-refractivity contribution in [2.45, 2.75) is 28.2 Å². The number of alkyl halides is 9. The molecule has 0 aliphatic heterocycles. The van der Waals surface area contributed by atoms with Crippen molar-refractivity contribution in [3.63, 3.8) is 0 Å². The maximum Gasteiger partial charge on any atom is 0.460 e. The Balaban J connectivity index is 3.53. The smallest absolute Gasteiger partial charge is 0.399 e. The van der Waals surface area contributed by atoms with Crippen molar-refractivity contribution in [3.05, 3.63) is 24.3 Å². The van der Waals surface area contributed by atoms with Crippen LogP contribution >= 0.6 is 0 Å². The van der Waals surface area contributed by atoms with E-state index in [0.29, 0.717) is 12.1 Å². The number of anilines is 1. The van der Waals surface area contributed by atoms with Crippen molar-refractivity contribution >= 4 is 15.5 Å². The number of halogens is 9. The van der Waals surface area contributed by atoms with Gasteiger partial charge in [-0.25, -0.2) is 8.42 Å². The normalized spacial score (nSPS) is 14.8. The van der Waals surface area contributed by atoms with Crippen molar-refractivity contribution in [2.75, 3.05) is 5.73 Å². The van der Waals surface area contributed by atoms with Crippen molar-refractivity contribution < 1.29 is 47.9 Å². The van der Waals surface area contributed by atoms with Crippen LogP contribution in [-0.2, 0) is 9.84 Å². The molecule has 0 bridgehead atoms. The molecule has 0 fully saturated rings. The van der Waals surface area contributed by atoms with Crippen molar-refractivity contribution in [1.82, 2.24) is 0 Å². The minimum atomic E-state index is -7.29. The third kappa shape index (κ3) is 2.70. The van der Waals surface area contributed by atoms with Gasteiger partial charge in [0.05, 0.1) is 4.90 Å². The number of hydrogen-bond donors (Lipinski definition) is 1. The second-order valence-corrected chi connectivity index (χ2v) is 6.23. The lowest BCUT2D eigenvalue weighted by Gasteiger charge is -2.33. The Morgan fingerprint density at radius 3 is 1.48 bits per heavy atom. The van der Waals surface area contributed by atoms with Crippen LogP contribution in [0.25, 0.3) is 0 Å². The average molecular weight is 375 g/mol. The van der Waals surface area contributed by atoms with E-state index in [1.165, 1.54) is 0 Å². The zero-order chi connectivity index (χ0) is 18.5. The zero-order valence-corrected chi connectivity index (χ0v) is 11.3. The van der Waals surface area contributed by atoms with Gasteiger partial charge in [0.2, 0.25) is 9.84 Å². The maximum atomic E-state index is 13.4. The maximum absolute atomic E-state index is 13.4. The highest BCUT2D eigenvalue weighted by Gasteiger charge is 2.85. The topological polar surface area (TPSA) is 60.2 Å². The van der Waals surface area contributed by atoms with E-state index in [2.05, 4.69) is 0 Å². The van der Waals surface area contributed by atoms with Crippen LogP contribution in [0.5, 0.6) is 0 Å². The van der Waals surface area contributed by atoms with Gasteiger partial charge in [0, 0.05) is 5.69 Å². The first-order valence-electron chi connectivity index (χ1n) is 5.30. The summed E-state index contributed by atoms with van der Waals surface area (Å²) in [4.78, 5) is -1.60. The van der Waals surface area contributed by atoms with Crippen LogP contribution in [0.4, 0.5) is 45.2 Å². The molecule has 0 atom stereocenters. The second-order valence-electron chi connectivity index (χ2n) is 4.24. The predicted molar refractivity (Wildman–Crippen MR) is 58.9 cm³/mol. The Hall–Kier alpha value is -1.66. The first-order chi connectivity index (χ1) is 10.00. The average Bonchev–Trinajstić information content (AvgIpc) is 2.37. The van der Waals surface area contributed by atoms with Crippen LogP contribution in [0.15, 0.2) is 29.2 Å². The standard InChI is InChI=1S/C10H6F9NO2S/c11-7(12,9(15,16)17)8(13,14)10(18,19)23(21,22)6-3-1-5(20)2-4-6/h1-4H,20H2. The molecule has 3 nitrogen and oxygen atoms in total. The van der Waals surface area contributed by atoms with Gasteiger partial charge in [-0.3, -0.25) is 0 Å². The fourth-order valence-electron chi connectivity index (χ4n) is 1.32. The monoisotopic (exact) mass is 375 g/mol. The Kier molecular flexibility index (Phi) is 4.36. The van der Waals surface area contributed by atoms with Crippen molar-refractivity contribution in [1.29, 1.82) is 0 Å². The molecule has 0 unspecified atom stereocenters.